The first kappa shape index (κ1) is 11.9. The third-order valence-electron chi connectivity index (χ3n) is 2.89. The van der Waals surface area contributed by atoms with Gasteiger partial charge in [0.2, 0.25) is 0 Å². The van der Waals surface area contributed by atoms with Crippen molar-refractivity contribution in [1.29, 1.82) is 0 Å². The SMILES string of the molecule is CCc1nc2nc(-c3ccccc3)[nH]n2c(=O)c1Cl. The second-order valence-electron chi connectivity index (χ2n) is 4.10. The Labute approximate surface area is 113 Å². The highest BCUT2D eigenvalue weighted by Crippen LogP contribution is 2.16. The first-order valence-corrected chi connectivity index (χ1v) is 6.31. The number of H-pyrrole nitrogens is 1. The Bertz CT molecular complexity index is 792. The zero-order valence-electron chi connectivity index (χ0n) is 10.2. The molecule has 0 aliphatic rings. The van der Waals surface area contributed by atoms with Crippen LogP contribution in [0.15, 0.2) is 35.1 Å². The summed E-state index contributed by atoms with van der Waals surface area (Å²) in [5.41, 5.74) is 1.14. The minimum Gasteiger partial charge on any atom is -0.271 e. The lowest BCUT2D eigenvalue weighted by molar-refractivity contribution is 0.877. The molecule has 0 radical (unpaired) electrons. The summed E-state index contributed by atoms with van der Waals surface area (Å²) in [5, 5.41) is 3.06. The molecule has 0 amide bonds. The molecule has 2 aromatic heterocycles. The molecule has 0 fully saturated rings. The van der Waals surface area contributed by atoms with E-state index in [1.165, 1.54) is 4.52 Å². The maximum absolute atomic E-state index is 12.1. The van der Waals surface area contributed by atoms with Crippen molar-refractivity contribution in [3.8, 4) is 11.4 Å². The van der Waals surface area contributed by atoms with E-state index in [-0.39, 0.29) is 10.6 Å². The average molecular weight is 275 g/mol. The number of fused-ring (bicyclic) bond motifs is 1. The maximum Gasteiger partial charge on any atom is 0.293 e. The lowest BCUT2D eigenvalue weighted by Crippen LogP contribution is -2.17. The predicted molar refractivity (Wildman–Crippen MR) is 73.4 cm³/mol. The average Bonchev–Trinajstić information content (AvgIpc) is 2.88. The molecule has 0 saturated heterocycles. The van der Waals surface area contributed by atoms with Gasteiger partial charge in [-0.3, -0.25) is 9.89 Å². The molecule has 1 aromatic carbocycles. The standard InChI is InChI=1S/C13H11ClN4O/c1-2-9-10(14)12(19)18-13(15-9)16-11(17-18)8-6-4-3-5-7-8/h3-7H,2H2,1H3,(H,15,16,17). The molecule has 3 aromatic rings. The number of rotatable bonds is 2. The van der Waals surface area contributed by atoms with Crippen LogP contribution in [0.1, 0.15) is 12.6 Å². The minimum atomic E-state index is -0.321. The number of aromatic nitrogens is 4. The van der Waals surface area contributed by atoms with Gasteiger partial charge in [0.05, 0.1) is 5.69 Å². The van der Waals surface area contributed by atoms with Gasteiger partial charge in [-0.2, -0.15) is 9.50 Å². The molecule has 0 atom stereocenters. The van der Waals surface area contributed by atoms with E-state index in [1.807, 2.05) is 37.3 Å². The minimum absolute atomic E-state index is 0.142. The molecule has 6 heteroatoms. The lowest BCUT2D eigenvalue weighted by atomic mass is 10.2. The van der Waals surface area contributed by atoms with E-state index in [0.29, 0.717) is 23.7 Å². The van der Waals surface area contributed by atoms with Crippen LogP contribution in [0.4, 0.5) is 0 Å². The van der Waals surface area contributed by atoms with Gasteiger partial charge >= 0.3 is 0 Å². The quantitative estimate of drug-likeness (QED) is 0.780. The summed E-state index contributed by atoms with van der Waals surface area (Å²) in [6, 6.07) is 9.55. The van der Waals surface area contributed by atoms with Gasteiger partial charge in [0.1, 0.15) is 5.02 Å². The van der Waals surface area contributed by atoms with Crippen LogP contribution in [0.5, 0.6) is 0 Å². The van der Waals surface area contributed by atoms with Crippen LogP contribution in [0.25, 0.3) is 17.2 Å². The van der Waals surface area contributed by atoms with Crippen molar-refractivity contribution >= 4 is 17.4 Å². The molecule has 3 rings (SSSR count). The van der Waals surface area contributed by atoms with Crippen molar-refractivity contribution in [3.05, 3.63) is 51.4 Å². The third-order valence-corrected chi connectivity index (χ3v) is 3.27. The van der Waals surface area contributed by atoms with E-state index >= 15 is 0 Å². The molecular weight excluding hydrogens is 264 g/mol. The zero-order chi connectivity index (χ0) is 13.4. The molecule has 19 heavy (non-hydrogen) atoms. The van der Waals surface area contributed by atoms with Gasteiger partial charge in [0, 0.05) is 5.56 Å². The molecule has 0 bridgehead atoms. The van der Waals surface area contributed by atoms with Crippen molar-refractivity contribution in [3.63, 3.8) is 0 Å². The van der Waals surface area contributed by atoms with Crippen molar-refractivity contribution in [2.45, 2.75) is 13.3 Å². The molecule has 0 spiro atoms. The topological polar surface area (TPSA) is 63.1 Å². The van der Waals surface area contributed by atoms with Crippen LogP contribution in [-0.2, 0) is 6.42 Å². The second kappa shape index (κ2) is 4.51. The fourth-order valence-corrected chi connectivity index (χ4v) is 2.16. The number of aryl methyl sites for hydroxylation is 1. The molecule has 5 nitrogen and oxygen atoms in total. The van der Waals surface area contributed by atoms with E-state index in [2.05, 4.69) is 15.1 Å². The van der Waals surface area contributed by atoms with E-state index < -0.39 is 0 Å². The number of nitrogens with zero attached hydrogens (tertiary/aromatic N) is 3. The summed E-state index contributed by atoms with van der Waals surface area (Å²) in [6.07, 6.45) is 0.595. The number of benzene rings is 1. The van der Waals surface area contributed by atoms with Crippen molar-refractivity contribution < 1.29 is 0 Å². The van der Waals surface area contributed by atoms with Gasteiger partial charge in [0.25, 0.3) is 11.3 Å². The molecular formula is C13H11ClN4O. The summed E-state index contributed by atoms with van der Waals surface area (Å²) in [4.78, 5) is 20.7. The summed E-state index contributed by atoms with van der Waals surface area (Å²) in [6.45, 7) is 1.90. The first-order chi connectivity index (χ1) is 9.20. The van der Waals surface area contributed by atoms with Gasteiger partial charge in [0.15, 0.2) is 5.82 Å². The fourth-order valence-electron chi connectivity index (χ4n) is 1.90. The molecule has 0 aliphatic heterocycles. The molecule has 0 aliphatic carbocycles. The monoisotopic (exact) mass is 274 g/mol. The Balaban J connectivity index is 2.27. The Morgan fingerprint density at radius 3 is 2.68 bits per heavy atom. The summed E-state index contributed by atoms with van der Waals surface area (Å²) >= 11 is 5.98. The van der Waals surface area contributed by atoms with Crippen LogP contribution in [-0.4, -0.2) is 19.6 Å². The highest BCUT2D eigenvalue weighted by molar-refractivity contribution is 6.31. The fraction of sp³-hybridized carbons (Fsp3) is 0.154. The van der Waals surface area contributed by atoms with Gasteiger partial charge in [-0.15, -0.1) is 0 Å². The van der Waals surface area contributed by atoms with E-state index in [1.54, 1.807) is 0 Å². The van der Waals surface area contributed by atoms with Crippen LogP contribution >= 0.6 is 11.6 Å². The molecule has 2 heterocycles. The predicted octanol–water partition coefficient (Wildman–Crippen LogP) is 2.30. The Morgan fingerprint density at radius 1 is 1.26 bits per heavy atom. The largest absolute Gasteiger partial charge is 0.293 e. The van der Waals surface area contributed by atoms with E-state index in [4.69, 9.17) is 11.6 Å². The molecule has 0 saturated carbocycles. The molecule has 96 valence electrons. The first-order valence-electron chi connectivity index (χ1n) is 5.93. The van der Waals surface area contributed by atoms with Crippen LogP contribution in [0.2, 0.25) is 5.02 Å². The summed E-state index contributed by atoms with van der Waals surface area (Å²) < 4.78 is 1.27. The van der Waals surface area contributed by atoms with E-state index in [9.17, 15) is 4.79 Å². The number of aromatic amines is 1. The molecule has 0 unspecified atom stereocenters. The summed E-state index contributed by atoms with van der Waals surface area (Å²) in [7, 11) is 0. The second-order valence-corrected chi connectivity index (χ2v) is 4.48. The smallest absolute Gasteiger partial charge is 0.271 e. The van der Waals surface area contributed by atoms with Crippen molar-refractivity contribution in [2.24, 2.45) is 0 Å². The number of nitrogens with one attached hydrogen (secondary N) is 1. The Hall–Kier alpha value is -2.14. The van der Waals surface area contributed by atoms with Gasteiger partial charge in [-0.25, -0.2) is 4.98 Å². The van der Waals surface area contributed by atoms with Crippen LogP contribution < -0.4 is 5.56 Å². The van der Waals surface area contributed by atoms with E-state index in [0.717, 1.165) is 5.56 Å². The number of hydrogen-bond acceptors (Lipinski definition) is 3. The van der Waals surface area contributed by atoms with Crippen LogP contribution in [0.3, 0.4) is 0 Å². The summed E-state index contributed by atoms with van der Waals surface area (Å²) in [5.74, 6) is 0.930. The van der Waals surface area contributed by atoms with Gasteiger partial charge < -0.3 is 0 Å². The number of hydrogen-bond donors (Lipinski definition) is 1. The van der Waals surface area contributed by atoms with Gasteiger partial charge in [-0.05, 0) is 6.42 Å². The third kappa shape index (κ3) is 1.92. The number of halogens is 1. The Kier molecular flexibility index (Phi) is 2.83. The van der Waals surface area contributed by atoms with Crippen molar-refractivity contribution in [1.82, 2.24) is 19.6 Å². The van der Waals surface area contributed by atoms with Crippen molar-refractivity contribution in [2.75, 3.05) is 0 Å². The highest BCUT2D eigenvalue weighted by atomic mass is 35.5. The zero-order valence-corrected chi connectivity index (χ0v) is 11.0. The Morgan fingerprint density at radius 2 is 2.00 bits per heavy atom. The molecule has 1 N–H and O–H groups in total. The van der Waals surface area contributed by atoms with Gasteiger partial charge in [-0.1, -0.05) is 48.9 Å². The normalized spacial score (nSPS) is 11.1. The maximum atomic E-state index is 12.1. The van der Waals surface area contributed by atoms with Crippen LogP contribution in [0, 0.1) is 0 Å². The lowest BCUT2D eigenvalue weighted by Gasteiger charge is -1.98. The highest BCUT2D eigenvalue weighted by Gasteiger charge is 2.13.